The van der Waals surface area contributed by atoms with Gasteiger partial charge in [0.25, 0.3) is 5.91 Å². The fraction of sp³-hybridized carbons (Fsp3) is 0.125. The summed E-state index contributed by atoms with van der Waals surface area (Å²) >= 11 is 1.36. The Hall–Kier alpha value is -1.69. The zero-order valence-corrected chi connectivity index (χ0v) is 7.99. The summed E-state index contributed by atoms with van der Waals surface area (Å²) in [5, 5.41) is 3.82. The Bertz CT molecular complexity index is 397. The molecule has 1 aromatic rings. The summed E-state index contributed by atoms with van der Waals surface area (Å²) in [5.74, 6) is -0.491. The first-order valence-corrected chi connectivity index (χ1v) is 4.80. The fourth-order valence-electron chi connectivity index (χ4n) is 1.21. The number of amides is 1. The number of nitrogens with zero attached hydrogens (tertiary/aromatic N) is 2. The molecule has 0 saturated heterocycles. The summed E-state index contributed by atoms with van der Waals surface area (Å²) in [5.41, 5.74) is 8.67. The molecule has 2 heterocycles. The molecule has 0 aliphatic carbocycles. The molecule has 0 fully saturated rings. The molecule has 0 spiro atoms. The molecule has 1 aromatic heterocycles. The Kier molecular flexibility index (Phi) is 2.05. The van der Waals surface area contributed by atoms with Crippen LogP contribution >= 0.6 is 11.3 Å². The molecular weight excluding hydrogens is 200 g/mol. The number of hydrogen-bond acceptors (Lipinski definition) is 5. The highest BCUT2D eigenvalue weighted by Gasteiger charge is 2.38. The maximum absolute atomic E-state index is 11.4. The molecule has 0 bridgehead atoms. The van der Waals surface area contributed by atoms with Gasteiger partial charge in [-0.3, -0.25) is 15.2 Å². The molecule has 5 nitrogen and oxygen atoms in total. The second-order valence-electron chi connectivity index (χ2n) is 2.79. The number of thiazole rings is 1. The number of hydrazone groups is 1. The van der Waals surface area contributed by atoms with Crippen LogP contribution in [0.2, 0.25) is 0 Å². The van der Waals surface area contributed by atoms with Crippen LogP contribution in [0.3, 0.4) is 0 Å². The number of rotatable bonds is 2. The van der Waals surface area contributed by atoms with Gasteiger partial charge in [0.05, 0.1) is 10.4 Å². The average molecular weight is 208 g/mol. The van der Waals surface area contributed by atoms with Crippen molar-refractivity contribution in [3.63, 3.8) is 0 Å². The first-order valence-electron chi connectivity index (χ1n) is 3.92. The van der Waals surface area contributed by atoms with Crippen molar-refractivity contribution in [2.75, 3.05) is 0 Å². The summed E-state index contributed by atoms with van der Waals surface area (Å²) in [6.07, 6.45) is 6.52. The van der Waals surface area contributed by atoms with Crippen LogP contribution in [-0.2, 0) is 10.3 Å². The molecule has 0 saturated carbocycles. The fourth-order valence-corrected chi connectivity index (χ4v) is 1.97. The van der Waals surface area contributed by atoms with Gasteiger partial charge in [-0.15, -0.1) is 11.3 Å². The highest BCUT2D eigenvalue weighted by molar-refractivity contribution is 7.09. The molecule has 1 aliphatic heterocycles. The van der Waals surface area contributed by atoms with E-state index >= 15 is 0 Å². The zero-order chi connectivity index (χ0) is 10.0. The Morgan fingerprint density at radius 1 is 1.64 bits per heavy atom. The minimum absolute atomic E-state index is 0.491. The first-order chi connectivity index (χ1) is 6.76. The van der Waals surface area contributed by atoms with E-state index in [2.05, 4.69) is 15.5 Å². The predicted octanol–water partition coefficient (Wildman–Crippen LogP) is -0.0311. The van der Waals surface area contributed by atoms with Gasteiger partial charge in [0.1, 0.15) is 0 Å². The van der Waals surface area contributed by atoms with Crippen molar-refractivity contribution >= 4 is 23.5 Å². The van der Waals surface area contributed by atoms with E-state index in [0.717, 1.165) is 4.88 Å². The Balaban J connectivity index is 2.47. The summed E-state index contributed by atoms with van der Waals surface area (Å²) in [6, 6.07) is 0. The molecule has 6 heteroatoms. The number of nitrogens with one attached hydrogen (secondary N) is 1. The van der Waals surface area contributed by atoms with Gasteiger partial charge in [0.2, 0.25) is 0 Å². The van der Waals surface area contributed by atoms with Crippen molar-refractivity contribution < 1.29 is 4.79 Å². The van der Waals surface area contributed by atoms with Crippen molar-refractivity contribution in [3.05, 3.63) is 28.7 Å². The van der Waals surface area contributed by atoms with E-state index in [0.29, 0.717) is 0 Å². The van der Waals surface area contributed by atoms with Gasteiger partial charge in [-0.1, -0.05) is 0 Å². The number of carbonyl (C=O) groups excluding carboxylic acids is 1. The van der Waals surface area contributed by atoms with Gasteiger partial charge in [-0.25, -0.2) is 0 Å². The van der Waals surface area contributed by atoms with Crippen molar-refractivity contribution in [3.8, 4) is 0 Å². The third kappa shape index (κ3) is 1.20. The third-order valence-electron chi connectivity index (χ3n) is 1.96. The first kappa shape index (κ1) is 8.89. The van der Waals surface area contributed by atoms with E-state index in [1.807, 2.05) is 0 Å². The van der Waals surface area contributed by atoms with E-state index in [4.69, 9.17) is 5.73 Å². The summed E-state index contributed by atoms with van der Waals surface area (Å²) in [6.45, 7) is 0. The number of nitrogens with two attached hydrogens (primary N) is 1. The van der Waals surface area contributed by atoms with Crippen LogP contribution in [0.25, 0.3) is 0 Å². The highest BCUT2D eigenvalue weighted by atomic mass is 32.1. The van der Waals surface area contributed by atoms with Crippen LogP contribution in [-0.4, -0.2) is 17.1 Å². The van der Waals surface area contributed by atoms with Gasteiger partial charge < -0.3 is 5.73 Å². The molecule has 0 aromatic carbocycles. The Morgan fingerprint density at radius 3 is 3.00 bits per heavy atom. The summed E-state index contributed by atoms with van der Waals surface area (Å²) < 4.78 is 0. The molecule has 2 rings (SSSR count). The molecule has 1 atom stereocenters. The van der Waals surface area contributed by atoms with Gasteiger partial charge in [-0.05, 0) is 12.2 Å². The lowest BCUT2D eigenvalue weighted by atomic mass is 9.97. The average Bonchev–Trinajstić information content (AvgIpc) is 2.72. The minimum atomic E-state index is -1.03. The number of allylic oxidation sites excluding steroid dienone is 1. The van der Waals surface area contributed by atoms with Crippen LogP contribution < -0.4 is 11.2 Å². The van der Waals surface area contributed by atoms with E-state index in [-0.39, 0.29) is 0 Å². The van der Waals surface area contributed by atoms with Crippen molar-refractivity contribution in [2.24, 2.45) is 10.8 Å². The SMILES string of the molecule is NC(=O)C1(c2cncs2)C=CC=NN1. The second kappa shape index (κ2) is 3.22. The number of hydrogen-bond donors (Lipinski definition) is 2. The number of primary amides is 1. The molecule has 72 valence electrons. The van der Waals surface area contributed by atoms with E-state index in [1.54, 1.807) is 30.1 Å². The lowest BCUT2D eigenvalue weighted by Gasteiger charge is -2.26. The maximum atomic E-state index is 11.4. The van der Waals surface area contributed by atoms with Gasteiger partial charge in [0.15, 0.2) is 5.54 Å². The van der Waals surface area contributed by atoms with Gasteiger partial charge >= 0.3 is 0 Å². The largest absolute Gasteiger partial charge is 0.367 e. The number of carbonyl (C=O) groups is 1. The molecular formula is C8H8N4OS. The molecule has 3 N–H and O–H groups in total. The maximum Gasteiger partial charge on any atom is 0.254 e. The molecule has 0 radical (unpaired) electrons. The van der Waals surface area contributed by atoms with E-state index in [1.165, 1.54) is 11.3 Å². The molecule has 1 unspecified atom stereocenters. The normalized spacial score (nSPS) is 24.6. The van der Waals surface area contributed by atoms with E-state index in [9.17, 15) is 4.79 Å². The topological polar surface area (TPSA) is 80.4 Å². The third-order valence-corrected chi connectivity index (χ3v) is 2.87. The summed E-state index contributed by atoms with van der Waals surface area (Å²) in [4.78, 5) is 16.0. The van der Waals surface area contributed by atoms with Crippen LogP contribution in [0.4, 0.5) is 0 Å². The highest BCUT2D eigenvalue weighted by Crippen LogP contribution is 2.27. The van der Waals surface area contributed by atoms with Gasteiger partial charge in [-0.2, -0.15) is 5.10 Å². The quantitative estimate of drug-likeness (QED) is 0.716. The Labute approximate surface area is 84.3 Å². The molecule has 1 amide bonds. The zero-order valence-electron chi connectivity index (χ0n) is 7.18. The summed E-state index contributed by atoms with van der Waals surface area (Å²) in [7, 11) is 0. The van der Waals surface area contributed by atoms with Crippen LogP contribution in [0, 0.1) is 0 Å². The van der Waals surface area contributed by atoms with Crippen LogP contribution in [0.1, 0.15) is 4.88 Å². The Morgan fingerprint density at radius 2 is 2.50 bits per heavy atom. The second-order valence-corrected chi connectivity index (χ2v) is 3.67. The molecule has 14 heavy (non-hydrogen) atoms. The van der Waals surface area contributed by atoms with Crippen LogP contribution in [0.5, 0.6) is 0 Å². The van der Waals surface area contributed by atoms with E-state index < -0.39 is 11.4 Å². The van der Waals surface area contributed by atoms with Crippen molar-refractivity contribution in [2.45, 2.75) is 5.54 Å². The predicted molar refractivity (Wildman–Crippen MR) is 53.8 cm³/mol. The van der Waals surface area contributed by atoms with Crippen LogP contribution in [0.15, 0.2) is 29.0 Å². The monoisotopic (exact) mass is 208 g/mol. The molecule has 1 aliphatic rings. The lowest BCUT2D eigenvalue weighted by molar-refractivity contribution is -0.122. The lowest BCUT2D eigenvalue weighted by Crippen LogP contribution is -2.49. The van der Waals surface area contributed by atoms with Crippen molar-refractivity contribution in [1.29, 1.82) is 0 Å². The minimum Gasteiger partial charge on any atom is -0.367 e. The standard InChI is InChI=1S/C8H8N4OS/c9-7(13)8(2-1-3-11-12-8)6-4-10-5-14-6/h1-5,12H,(H2,9,13). The smallest absolute Gasteiger partial charge is 0.254 e. The number of aromatic nitrogens is 1. The van der Waals surface area contributed by atoms with Crippen molar-refractivity contribution in [1.82, 2.24) is 10.4 Å². The van der Waals surface area contributed by atoms with Gasteiger partial charge in [0, 0.05) is 12.4 Å².